The minimum atomic E-state index is 0.824. The quantitative estimate of drug-likeness (QED) is 0.670. The van der Waals surface area contributed by atoms with Crippen LogP contribution in [0.3, 0.4) is 0 Å². The van der Waals surface area contributed by atoms with Crippen LogP contribution in [0.25, 0.3) is 0 Å². The number of hydrogen-bond donors (Lipinski definition) is 0. The van der Waals surface area contributed by atoms with E-state index in [9.17, 15) is 0 Å². The Balaban J connectivity index is 2.15. The molecule has 12 heavy (non-hydrogen) atoms. The molecule has 72 valence electrons. The Kier molecular flexibility index (Phi) is 5.24. The van der Waals surface area contributed by atoms with Gasteiger partial charge in [0.2, 0.25) is 0 Å². The fraction of sp³-hybridized carbons (Fsp3) is 1.00. The maximum absolute atomic E-state index is 3.67. The van der Waals surface area contributed by atoms with Crippen LogP contribution >= 0.6 is 16.1 Å². The molecule has 1 nitrogen and oxygen atoms in total. The summed E-state index contributed by atoms with van der Waals surface area (Å²) in [5.74, 6) is 0. The van der Waals surface area contributed by atoms with Crippen LogP contribution < -0.4 is 0 Å². The molecule has 2 heteroatoms. The van der Waals surface area contributed by atoms with Crippen LogP contribution in [0.1, 0.15) is 51.9 Å². The van der Waals surface area contributed by atoms with Gasteiger partial charge in [0.05, 0.1) is 0 Å². The standard InChI is InChI=1S/C10H20BrN/c1-2-3-9-12(11)10-7-5-4-6-8-10/h10H,2-9H2,1H3. The lowest BCUT2D eigenvalue weighted by atomic mass is 9.95. The number of unbranched alkanes of at least 4 members (excludes halogenated alkanes) is 1. The molecular formula is C10H20BrN. The molecule has 0 spiro atoms. The summed E-state index contributed by atoms with van der Waals surface area (Å²) in [5, 5.41) is 0. The van der Waals surface area contributed by atoms with Gasteiger partial charge in [0.15, 0.2) is 0 Å². The maximum Gasteiger partial charge on any atom is 0.0205 e. The molecule has 1 rings (SSSR count). The van der Waals surface area contributed by atoms with E-state index in [0.717, 1.165) is 6.04 Å². The van der Waals surface area contributed by atoms with E-state index in [1.807, 2.05) is 0 Å². The Hall–Kier alpha value is 0.440. The van der Waals surface area contributed by atoms with Crippen molar-refractivity contribution in [2.24, 2.45) is 0 Å². The van der Waals surface area contributed by atoms with Crippen LogP contribution in [0, 0.1) is 0 Å². The highest BCUT2D eigenvalue weighted by atomic mass is 79.9. The topological polar surface area (TPSA) is 3.24 Å². The minimum Gasteiger partial charge on any atom is -0.239 e. The van der Waals surface area contributed by atoms with Crippen molar-refractivity contribution in [3.05, 3.63) is 0 Å². The first kappa shape index (κ1) is 10.5. The Bertz CT molecular complexity index is 110. The van der Waals surface area contributed by atoms with Gasteiger partial charge in [0.25, 0.3) is 0 Å². The third kappa shape index (κ3) is 3.44. The van der Waals surface area contributed by atoms with Crippen molar-refractivity contribution in [3.8, 4) is 0 Å². The normalized spacial score (nSPS) is 20.2. The number of nitrogens with zero attached hydrogens (tertiary/aromatic N) is 1. The molecule has 0 aromatic rings. The first-order valence-electron chi connectivity index (χ1n) is 5.27. The minimum absolute atomic E-state index is 0.824. The molecule has 1 saturated carbocycles. The zero-order valence-electron chi connectivity index (χ0n) is 8.06. The molecule has 0 unspecified atom stereocenters. The second-order valence-corrected chi connectivity index (χ2v) is 4.68. The molecule has 1 aliphatic carbocycles. The predicted octanol–water partition coefficient (Wildman–Crippen LogP) is 3.73. The molecule has 0 bridgehead atoms. The van der Waals surface area contributed by atoms with E-state index in [-0.39, 0.29) is 0 Å². The summed E-state index contributed by atoms with van der Waals surface area (Å²) in [7, 11) is 0. The zero-order chi connectivity index (χ0) is 8.81. The van der Waals surface area contributed by atoms with Gasteiger partial charge in [0.1, 0.15) is 0 Å². The average molecular weight is 234 g/mol. The highest BCUT2D eigenvalue weighted by Gasteiger charge is 2.18. The van der Waals surface area contributed by atoms with E-state index < -0.39 is 0 Å². The average Bonchev–Trinajstić information content (AvgIpc) is 2.15. The largest absolute Gasteiger partial charge is 0.239 e. The first-order chi connectivity index (χ1) is 5.84. The predicted molar refractivity (Wildman–Crippen MR) is 57.4 cm³/mol. The molecule has 0 N–H and O–H groups in total. The third-order valence-electron chi connectivity index (χ3n) is 2.70. The summed E-state index contributed by atoms with van der Waals surface area (Å²) in [5.41, 5.74) is 0. The van der Waals surface area contributed by atoms with Crippen LogP contribution in [0.2, 0.25) is 0 Å². The van der Waals surface area contributed by atoms with Gasteiger partial charge in [-0.05, 0) is 19.3 Å². The zero-order valence-corrected chi connectivity index (χ0v) is 9.65. The SMILES string of the molecule is CCCCN(Br)C1CCCCC1. The molecule has 0 amide bonds. The molecule has 0 aliphatic heterocycles. The van der Waals surface area contributed by atoms with Gasteiger partial charge < -0.3 is 0 Å². The van der Waals surface area contributed by atoms with Gasteiger partial charge in [-0.15, -0.1) is 0 Å². The number of rotatable bonds is 4. The smallest absolute Gasteiger partial charge is 0.0205 e. The molecule has 1 aliphatic rings. The van der Waals surface area contributed by atoms with Crippen LogP contribution in [-0.2, 0) is 0 Å². The molecule has 0 aromatic carbocycles. The highest BCUT2D eigenvalue weighted by Crippen LogP contribution is 2.24. The lowest BCUT2D eigenvalue weighted by Crippen LogP contribution is -2.29. The van der Waals surface area contributed by atoms with E-state index in [4.69, 9.17) is 0 Å². The second-order valence-electron chi connectivity index (χ2n) is 3.77. The maximum atomic E-state index is 3.67. The number of halogens is 1. The molecular weight excluding hydrogens is 214 g/mol. The molecule has 1 fully saturated rings. The fourth-order valence-electron chi connectivity index (χ4n) is 1.85. The summed E-state index contributed by atoms with van der Waals surface area (Å²) < 4.78 is 2.38. The van der Waals surface area contributed by atoms with Gasteiger partial charge in [-0.3, -0.25) is 0 Å². The van der Waals surface area contributed by atoms with Gasteiger partial charge in [-0.1, -0.05) is 32.6 Å². The van der Waals surface area contributed by atoms with Crippen LogP contribution in [0.4, 0.5) is 0 Å². The van der Waals surface area contributed by atoms with Crippen molar-refractivity contribution in [3.63, 3.8) is 0 Å². The van der Waals surface area contributed by atoms with Gasteiger partial charge >= 0.3 is 0 Å². The molecule has 0 radical (unpaired) electrons. The monoisotopic (exact) mass is 233 g/mol. The molecule has 0 heterocycles. The molecule has 0 saturated heterocycles. The molecule has 0 aromatic heterocycles. The van der Waals surface area contributed by atoms with E-state index in [1.54, 1.807) is 0 Å². The van der Waals surface area contributed by atoms with Crippen molar-refractivity contribution < 1.29 is 0 Å². The highest BCUT2D eigenvalue weighted by molar-refractivity contribution is 9.07. The van der Waals surface area contributed by atoms with Crippen LogP contribution in [-0.4, -0.2) is 16.5 Å². The van der Waals surface area contributed by atoms with Crippen molar-refractivity contribution in [1.29, 1.82) is 0 Å². The lowest BCUT2D eigenvalue weighted by molar-refractivity contribution is 0.278. The second kappa shape index (κ2) is 5.98. The van der Waals surface area contributed by atoms with E-state index in [2.05, 4.69) is 27.0 Å². The van der Waals surface area contributed by atoms with Crippen molar-refractivity contribution >= 4 is 16.1 Å². The van der Waals surface area contributed by atoms with E-state index in [0.29, 0.717) is 0 Å². The van der Waals surface area contributed by atoms with Gasteiger partial charge in [-0.2, -0.15) is 0 Å². The fourth-order valence-corrected chi connectivity index (χ4v) is 2.51. The van der Waals surface area contributed by atoms with E-state index >= 15 is 0 Å². The summed E-state index contributed by atoms with van der Waals surface area (Å²) in [6.07, 6.45) is 9.73. The van der Waals surface area contributed by atoms with Crippen molar-refractivity contribution in [2.75, 3.05) is 6.54 Å². The summed E-state index contributed by atoms with van der Waals surface area (Å²) in [4.78, 5) is 0. The van der Waals surface area contributed by atoms with Gasteiger partial charge in [0, 0.05) is 28.7 Å². The first-order valence-corrected chi connectivity index (χ1v) is 5.98. The summed E-state index contributed by atoms with van der Waals surface area (Å²) in [6, 6.07) is 0.824. The van der Waals surface area contributed by atoms with Crippen LogP contribution in [0.15, 0.2) is 0 Å². The summed E-state index contributed by atoms with van der Waals surface area (Å²) in [6.45, 7) is 3.48. The summed E-state index contributed by atoms with van der Waals surface area (Å²) >= 11 is 3.67. The van der Waals surface area contributed by atoms with E-state index in [1.165, 1.54) is 51.5 Å². The number of hydrogen-bond acceptors (Lipinski definition) is 1. The lowest BCUT2D eigenvalue weighted by Gasteiger charge is -2.29. The van der Waals surface area contributed by atoms with Crippen LogP contribution in [0.5, 0.6) is 0 Å². The van der Waals surface area contributed by atoms with Gasteiger partial charge in [-0.25, -0.2) is 3.93 Å². The Morgan fingerprint density at radius 3 is 2.50 bits per heavy atom. The van der Waals surface area contributed by atoms with Crippen molar-refractivity contribution in [2.45, 2.75) is 57.9 Å². The Morgan fingerprint density at radius 2 is 1.92 bits per heavy atom. The third-order valence-corrected chi connectivity index (χ3v) is 3.63. The Labute approximate surface area is 84.9 Å². The van der Waals surface area contributed by atoms with Crippen molar-refractivity contribution in [1.82, 2.24) is 3.93 Å². The molecule has 0 atom stereocenters. The Morgan fingerprint density at radius 1 is 1.25 bits per heavy atom.